The van der Waals surface area contributed by atoms with Crippen LogP contribution in [0.1, 0.15) is 53.3 Å². The number of unbranched alkanes of at least 4 members (excludes halogenated alkanes) is 3. The van der Waals surface area contributed by atoms with E-state index in [-0.39, 0.29) is 5.78 Å². The van der Waals surface area contributed by atoms with Gasteiger partial charge in [0.05, 0.1) is 29.4 Å². The number of ether oxygens (including phenoxy) is 1. The number of hydrogen-bond donors (Lipinski definition) is 3. The second-order valence-electron chi connectivity index (χ2n) is 6.81. The van der Waals surface area contributed by atoms with Crippen LogP contribution in [0.5, 0.6) is 5.75 Å². The third-order valence-corrected chi connectivity index (χ3v) is 4.74. The van der Waals surface area contributed by atoms with Crippen molar-refractivity contribution in [2.24, 2.45) is 5.10 Å². The Bertz CT molecular complexity index is 1120. The first kappa shape index (κ1) is 21.4. The van der Waals surface area contributed by atoms with Crippen LogP contribution < -0.4 is 10.2 Å². The molecule has 0 fully saturated rings. The number of fused-ring (bicyclic) bond motifs is 1. The minimum Gasteiger partial charge on any atom is -0.493 e. The Kier molecular flexibility index (Phi) is 7.51. The molecular formula is C22H24N4O3S. The van der Waals surface area contributed by atoms with E-state index >= 15 is 0 Å². The SMILES string of the molecule is CCCCCCOc1ccccc1C(=O)/C=N\NC(=O)c1ccc2[nH]c(=S)[nH]c2c1. The Labute approximate surface area is 179 Å². The minimum absolute atomic E-state index is 0.343. The number of amides is 1. The van der Waals surface area contributed by atoms with Gasteiger partial charge in [-0.1, -0.05) is 38.3 Å². The Morgan fingerprint density at radius 1 is 1.10 bits per heavy atom. The molecule has 0 radical (unpaired) electrons. The number of nitrogens with one attached hydrogen (secondary N) is 3. The van der Waals surface area contributed by atoms with Crippen molar-refractivity contribution in [2.45, 2.75) is 32.6 Å². The zero-order chi connectivity index (χ0) is 21.3. The fraction of sp³-hybridized carbons (Fsp3) is 0.273. The van der Waals surface area contributed by atoms with Crippen molar-refractivity contribution < 1.29 is 14.3 Å². The molecule has 0 aliphatic heterocycles. The number of aromatic nitrogens is 2. The van der Waals surface area contributed by atoms with Gasteiger partial charge in [-0.25, -0.2) is 5.43 Å². The van der Waals surface area contributed by atoms with Crippen molar-refractivity contribution in [3.05, 3.63) is 58.4 Å². The third kappa shape index (κ3) is 5.64. The van der Waals surface area contributed by atoms with Crippen LogP contribution in [0.4, 0.5) is 0 Å². The van der Waals surface area contributed by atoms with E-state index in [0.717, 1.165) is 36.5 Å². The van der Waals surface area contributed by atoms with Crippen molar-refractivity contribution in [2.75, 3.05) is 6.61 Å². The third-order valence-electron chi connectivity index (χ3n) is 4.53. The smallest absolute Gasteiger partial charge is 0.271 e. The number of ketones is 1. The Morgan fingerprint density at radius 3 is 2.73 bits per heavy atom. The average Bonchev–Trinajstić information content (AvgIpc) is 3.13. The van der Waals surface area contributed by atoms with Gasteiger partial charge in [-0.3, -0.25) is 9.59 Å². The van der Waals surface area contributed by atoms with Crippen LogP contribution in [-0.2, 0) is 0 Å². The molecule has 1 amide bonds. The van der Waals surface area contributed by atoms with Gasteiger partial charge >= 0.3 is 0 Å². The summed E-state index contributed by atoms with van der Waals surface area (Å²) in [5, 5.41) is 3.80. The number of H-pyrrole nitrogens is 2. The van der Waals surface area contributed by atoms with Gasteiger partial charge in [0.1, 0.15) is 5.75 Å². The number of hydrogen-bond acceptors (Lipinski definition) is 5. The molecule has 3 N–H and O–H groups in total. The topological polar surface area (TPSA) is 99.3 Å². The summed E-state index contributed by atoms with van der Waals surface area (Å²) in [7, 11) is 0. The molecule has 8 heteroatoms. The number of para-hydroxylation sites is 1. The van der Waals surface area contributed by atoms with E-state index in [1.54, 1.807) is 36.4 Å². The maximum absolute atomic E-state index is 12.5. The van der Waals surface area contributed by atoms with E-state index in [0.29, 0.717) is 28.3 Å². The molecule has 0 saturated heterocycles. The van der Waals surface area contributed by atoms with Crippen molar-refractivity contribution in [3.8, 4) is 5.75 Å². The van der Waals surface area contributed by atoms with Crippen LogP contribution in [0.15, 0.2) is 47.6 Å². The summed E-state index contributed by atoms with van der Waals surface area (Å²) in [6.07, 6.45) is 5.44. The summed E-state index contributed by atoms with van der Waals surface area (Å²) < 4.78 is 6.24. The fourth-order valence-corrected chi connectivity index (χ4v) is 3.18. The predicted octanol–water partition coefficient (Wildman–Crippen LogP) is 4.78. The molecule has 0 spiro atoms. The first-order valence-electron chi connectivity index (χ1n) is 9.90. The monoisotopic (exact) mass is 424 g/mol. The second kappa shape index (κ2) is 10.5. The lowest BCUT2D eigenvalue weighted by molar-refractivity contribution is 0.0955. The molecule has 3 rings (SSSR count). The molecule has 0 aliphatic carbocycles. The molecular weight excluding hydrogens is 400 g/mol. The lowest BCUT2D eigenvalue weighted by atomic mass is 10.1. The van der Waals surface area contributed by atoms with E-state index in [9.17, 15) is 9.59 Å². The lowest BCUT2D eigenvalue weighted by Gasteiger charge is -2.09. The summed E-state index contributed by atoms with van der Waals surface area (Å²) >= 11 is 5.04. The molecule has 30 heavy (non-hydrogen) atoms. The van der Waals surface area contributed by atoms with Gasteiger partial charge in [-0.05, 0) is 49.0 Å². The van der Waals surface area contributed by atoms with Crippen LogP contribution in [0, 0.1) is 4.77 Å². The van der Waals surface area contributed by atoms with Gasteiger partial charge in [0.25, 0.3) is 5.91 Å². The number of rotatable bonds is 10. The molecule has 156 valence electrons. The maximum atomic E-state index is 12.5. The number of carbonyl (C=O) groups is 2. The number of carbonyl (C=O) groups excluding carboxylic acids is 2. The molecule has 3 aromatic rings. The van der Waals surface area contributed by atoms with Crippen LogP contribution in [0.2, 0.25) is 0 Å². The van der Waals surface area contributed by atoms with Gasteiger partial charge in [-0.2, -0.15) is 5.10 Å². The number of aromatic amines is 2. The van der Waals surface area contributed by atoms with Gasteiger partial charge < -0.3 is 14.7 Å². The average molecular weight is 425 g/mol. The Morgan fingerprint density at radius 2 is 1.90 bits per heavy atom. The Hall–Kier alpha value is -3.26. The molecule has 0 aliphatic rings. The minimum atomic E-state index is -0.429. The normalized spacial score (nSPS) is 11.1. The summed E-state index contributed by atoms with van der Waals surface area (Å²) in [5.74, 6) is -0.253. The highest BCUT2D eigenvalue weighted by molar-refractivity contribution is 7.71. The predicted molar refractivity (Wildman–Crippen MR) is 120 cm³/mol. The standard InChI is InChI=1S/C22H24N4O3S/c1-2-3-4-7-12-29-20-9-6-5-8-16(20)19(27)14-23-26-21(28)15-10-11-17-18(13-15)25-22(30)24-17/h5-6,8-11,13-14H,2-4,7,12H2,1H3,(H,26,28)(H2,24,25,30)/b23-14-. The van der Waals surface area contributed by atoms with Crippen LogP contribution in [0.3, 0.4) is 0 Å². The lowest BCUT2D eigenvalue weighted by Crippen LogP contribution is -2.18. The molecule has 0 atom stereocenters. The number of nitrogens with zero attached hydrogens (tertiary/aromatic N) is 1. The highest BCUT2D eigenvalue weighted by Crippen LogP contribution is 2.18. The van der Waals surface area contributed by atoms with Gasteiger partial charge in [0.15, 0.2) is 4.77 Å². The van der Waals surface area contributed by atoms with Crippen molar-refractivity contribution in [1.82, 2.24) is 15.4 Å². The van der Waals surface area contributed by atoms with Crippen LogP contribution in [0.25, 0.3) is 11.0 Å². The molecule has 7 nitrogen and oxygen atoms in total. The van der Waals surface area contributed by atoms with Gasteiger partial charge in [0, 0.05) is 5.56 Å². The van der Waals surface area contributed by atoms with Crippen molar-refractivity contribution in [1.29, 1.82) is 0 Å². The molecule has 1 heterocycles. The van der Waals surface area contributed by atoms with E-state index in [1.165, 1.54) is 6.42 Å². The number of benzene rings is 2. The van der Waals surface area contributed by atoms with Gasteiger partial charge in [-0.15, -0.1) is 0 Å². The second-order valence-corrected chi connectivity index (χ2v) is 7.22. The highest BCUT2D eigenvalue weighted by atomic mass is 32.1. The van der Waals surface area contributed by atoms with E-state index in [4.69, 9.17) is 17.0 Å². The number of Topliss-reactive ketones (excluding diaryl/α,β-unsaturated/α-hetero) is 1. The maximum Gasteiger partial charge on any atom is 0.271 e. The largest absolute Gasteiger partial charge is 0.493 e. The molecule has 0 saturated carbocycles. The fourth-order valence-electron chi connectivity index (χ4n) is 2.96. The molecule has 0 unspecified atom stereocenters. The van der Waals surface area contributed by atoms with E-state index < -0.39 is 5.91 Å². The zero-order valence-corrected chi connectivity index (χ0v) is 17.6. The van der Waals surface area contributed by atoms with E-state index in [2.05, 4.69) is 27.4 Å². The summed E-state index contributed by atoms with van der Waals surface area (Å²) in [5.41, 5.74) is 4.71. The summed E-state index contributed by atoms with van der Waals surface area (Å²) in [6, 6.07) is 12.1. The summed E-state index contributed by atoms with van der Waals surface area (Å²) in [4.78, 5) is 30.7. The number of imidazole rings is 1. The molecule has 1 aromatic heterocycles. The first-order valence-corrected chi connectivity index (χ1v) is 10.3. The zero-order valence-electron chi connectivity index (χ0n) is 16.7. The number of hydrazone groups is 1. The van der Waals surface area contributed by atoms with Gasteiger partial charge in [0.2, 0.25) is 5.78 Å². The quantitative estimate of drug-likeness (QED) is 0.143. The summed E-state index contributed by atoms with van der Waals surface area (Å²) in [6.45, 7) is 2.71. The Balaban J connectivity index is 1.59. The first-order chi connectivity index (χ1) is 14.6. The highest BCUT2D eigenvalue weighted by Gasteiger charge is 2.11. The molecule has 0 bridgehead atoms. The molecule has 2 aromatic carbocycles. The van der Waals surface area contributed by atoms with Crippen molar-refractivity contribution >= 4 is 41.2 Å². The van der Waals surface area contributed by atoms with Crippen molar-refractivity contribution in [3.63, 3.8) is 0 Å². The van der Waals surface area contributed by atoms with Crippen LogP contribution in [-0.4, -0.2) is 34.5 Å². The van der Waals surface area contributed by atoms with E-state index in [1.807, 2.05) is 6.07 Å². The van der Waals surface area contributed by atoms with Crippen LogP contribution >= 0.6 is 12.2 Å².